The molecule has 0 spiro atoms. The predicted molar refractivity (Wildman–Crippen MR) is 71.5 cm³/mol. The van der Waals surface area contributed by atoms with E-state index in [1.54, 1.807) is 4.68 Å². The average Bonchev–Trinajstić information content (AvgIpc) is 2.67. The highest BCUT2D eigenvalue weighted by Crippen LogP contribution is 2.06. The van der Waals surface area contributed by atoms with Gasteiger partial charge in [0.2, 0.25) is 0 Å². The van der Waals surface area contributed by atoms with Crippen LogP contribution in [0.5, 0.6) is 0 Å². The molecule has 0 aromatic carbocycles. The monoisotopic (exact) mass is 255 g/mol. The van der Waals surface area contributed by atoms with Crippen LogP contribution in [-0.4, -0.2) is 46.3 Å². The van der Waals surface area contributed by atoms with E-state index in [1.165, 1.54) is 0 Å². The van der Waals surface area contributed by atoms with Gasteiger partial charge >= 0.3 is 0 Å². The fourth-order valence-corrected chi connectivity index (χ4v) is 1.49. The molecule has 0 amide bonds. The molecule has 1 rings (SSSR count). The number of nitrogens with one attached hydrogen (secondary N) is 1. The molecule has 0 aliphatic carbocycles. The Hall–Kier alpha value is -0.910. The summed E-state index contributed by atoms with van der Waals surface area (Å²) in [5.41, 5.74) is 0.861. The number of nitrogens with zero attached hydrogens (tertiary/aromatic N) is 2. The first-order chi connectivity index (χ1) is 8.37. The van der Waals surface area contributed by atoms with E-state index in [-0.39, 0.29) is 5.60 Å². The number of hydrogen-bond donors (Lipinski definition) is 2. The Bertz CT molecular complexity index is 344. The highest BCUT2D eigenvalue weighted by molar-refractivity contribution is 4.98. The second-order valence-electron chi connectivity index (χ2n) is 5.51. The Balaban J connectivity index is 2.07. The van der Waals surface area contributed by atoms with Gasteiger partial charge in [-0.05, 0) is 26.8 Å². The van der Waals surface area contributed by atoms with Crippen LogP contribution in [0.2, 0.25) is 0 Å². The normalized spacial score (nSPS) is 13.8. The molecule has 104 valence electrons. The van der Waals surface area contributed by atoms with E-state index in [9.17, 15) is 5.11 Å². The molecular weight excluding hydrogens is 230 g/mol. The van der Waals surface area contributed by atoms with E-state index >= 15 is 0 Å². The Morgan fingerprint density at radius 1 is 1.50 bits per heavy atom. The smallest absolute Gasteiger partial charge is 0.0897 e. The second kappa shape index (κ2) is 6.87. The van der Waals surface area contributed by atoms with Crippen LogP contribution in [-0.2, 0) is 18.2 Å². The fraction of sp³-hybridized carbons (Fsp3) is 0.769. The van der Waals surface area contributed by atoms with Crippen molar-refractivity contribution in [1.29, 1.82) is 0 Å². The number of ether oxygens (including phenoxy) is 1. The first kappa shape index (κ1) is 15.1. The van der Waals surface area contributed by atoms with E-state index in [0.29, 0.717) is 13.2 Å². The molecule has 0 saturated carbocycles. The number of aromatic nitrogens is 2. The largest absolute Gasteiger partial charge is 0.389 e. The van der Waals surface area contributed by atoms with Crippen molar-refractivity contribution in [1.82, 2.24) is 15.1 Å². The van der Waals surface area contributed by atoms with E-state index in [0.717, 1.165) is 18.7 Å². The van der Waals surface area contributed by atoms with Crippen LogP contribution < -0.4 is 5.32 Å². The summed E-state index contributed by atoms with van der Waals surface area (Å²) in [6, 6.07) is 2.00. The SMILES string of the molecule is Cn1ccc(CCNCC(O)COC(C)(C)C)n1. The van der Waals surface area contributed by atoms with Gasteiger partial charge in [-0.25, -0.2) is 0 Å². The van der Waals surface area contributed by atoms with E-state index in [2.05, 4.69) is 10.4 Å². The van der Waals surface area contributed by atoms with Gasteiger partial charge in [0.1, 0.15) is 0 Å². The predicted octanol–water partition coefficient (Wildman–Crippen LogP) is 0.728. The van der Waals surface area contributed by atoms with Crippen LogP contribution in [0.25, 0.3) is 0 Å². The third kappa shape index (κ3) is 6.74. The van der Waals surface area contributed by atoms with Gasteiger partial charge in [-0.2, -0.15) is 5.10 Å². The molecule has 1 unspecified atom stereocenters. The van der Waals surface area contributed by atoms with E-state index in [4.69, 9.17) is 4.74 Å². The highest BCUT2D eigenvalue weighted by Gasteiger charge is 2.13. The molecule has 1 atom stereocenters. The molecule has 1 aromatic heterocycles. The third-order valence-electron chi connectivity index (χ3n) is 2.42. The highest BCUT2D eigenvalue weighted by atomic mass is 16.5. The van der Waals surface area contributed by atoms with Gasteiger partial charge in [0.05, 0.1) is 24.0 Å². The summed E-state index contributed by atoms with van der Waals surface area (Å²) in [4.78, 5) is 0. The van der Waals surface area contributed by atoms with Crippen molar-refractivity contribution in [2.45, 2.75) is 38.9 Å². The summed E-state index contributed by atoms with van der Waals surface area (Å²) in [6.07, 6.45) is 2.34. The lowest BCUT2D eigenvalue weighted by molar-refractivity contribution is -0.0477. The minimum Gasteiger partial charge on any atom is -0.389 e. The van der Waals surface area contributed by atoms with Crippen molar-refractivity contribution in [3.05, 3.63) is 18.0 Å². The Kier molecular flexibility index (Phi) is 5.78. The van der Waals surface area contributed by atoms with Crippen LogP contribution in [0.15, 0.2) is 12.3 Å². The molecule has 0 fully saturated rings. The third-order valence-corrected chi connectivity index (χ3v) is 2.42. The summed E-state index contributed by atoms with van der Waals surface area (Å²) < 4.78 is 7.30. The molecular formula is C13H25N3O2. The zero-order valence-electron chi connectivity index (χ0n) is 11.8. The zero-order chi connectivity index (χ0) is 13.6. The maximum atomic E-state index is 9.71. The van der Waals surface area contributed by atoms with Crippen LogP contribution in [0.4, 0.5) is 0 Å². The Labute approximate surface area is 109 Å². The molecule has 2 N–H and O–H groups in total. The molecule has 0 radical (unpaired) electrons. The molecule has 0 aliphatic rings. The minimum atomic E-state index is -0.465. The minimum absolute atomic E-state index is 0.199. The lowest BCUT2D eigenvalue weighted by atomic mass is 10.2. The van der Waals surface area contributed by atoms with E-state index < -0.39 is 6.10 Å². The lowest BCUT2D eigenvalue weighted by Gasteiger charge is -2.22. The summed E-state index contributed by atoms with van der Waals surface area (Å²) in [7, 11) is 1.91. The van der Waals surface area contributed by atoms with Gasteiger partial charge in [0, 0.05) is 32.8 Å². The average molecular weight is 255 g/mol. The van der Waals surface area contributed by atoms with E-state index in [1.807, 2.05) is 40.1 Å². The van der Waals surface area contributed by atoms with Crippen molar-refractivity contribution in [2.24, 2.45) is 7.05 Å². The quantitative estimate of drug-likeness (QED) is 0.705. The number of aliphatic hydroxyl groups excluding tert-OH is 1. The standard InChI is InChI=1S/C13H25N3O2/c1-13(2,3)18-10-12(17)9-14-7-5-11-6-8-16(4)15-11/h6,8,12,14,17H,5,7,9-10H2,1-4H3. The first-order valence-electron chi connectivity index (χ1n) is 6.38. The van der Waals surface area contributed by atoms with Crippen LogP contribution in [0.3, 0.4) is 0 Å². The second-order valence-corrected chi connectivity index (χ2v) is 5.51. The molecule has 5 nitrogen and oxygen atoms in total. The van der Waals surface area contributed by atoms with Crippen LogP contribution in [0, 0.1) is 0 Å². The molecule has 1 heterocycles. The van der Waals surface area contributed by atoms with Gasteiger partial charge in [-0.3, -0.25) is 4.68 Å². The van der Waals surface area contributed by atoms with Gasteiger partial charge in [0.15, 0.2) is 0 Å². The summed E-state index contributed by atoms with van der Waals surface area (Å²) >= 11 is 0. The molecule has 0 aliphatic heterocycles. The maximum absolute atomic E-state index is 9.71. The number of rotatable bonds is 7. The topological polar surface area (TPSA) is 59.3 Å². The fourth-order valence-electron chi connectivity index (χ4n) is 1.49. The van der Waals surface area contributed by atoms with Crippen molar-refractivity contribution >= 4 is 0 Å². The van der Waals surface area contributed by atoms with Gasteiger partial charge < -0.3 is 15.2 Å². The number of aryl methyl sites for hydroxylation is 1. The molecule has 0 saturated heterocycles. The summed E-state index contributed by atoms with van der Waals surface area (Å²) in [6.45, 7) is 7.66. The maximum Gasteiger partial charge on any atom is 0.0897 e. The van der Waals surface area contributed by atoms with Crippen molar-refractivity contribution in [2.75, 3.05) is 19.7 Å². The van der Waals surface area contributed by atoms with Gasteiger partial charge in [-0.15, -0.1) is 0 Å². The Morgan fingerprint density at radius 3 is 2.78 bits per heavy atom. The lowest BCUT2D eigenvalue weighted by Crippen LogP contribution is -2.34. The van der Waals surface area contributed by atoms with Gasteiger partial charge in [-0.1, -0.05) is 0 Å². The Morgan fingerprint density at radius 2 is 2.22 bits per heavy atom. The zero-order valence-corrected chi connectivity index (χ0v) is 11.8. The van der Waals surface area contributed by atoms with Gasteiger partial charge in [0.25, 0.3) is 0 Å². The molecule has 5 heteroatoms. The van der Waals surface area contributed by atoms with Crippen LogP contribution >= 0.6 is 0 Å². The van der Waals surface area contributed by atoms with Crippen molar-refractivity contribution in [3.8, 4) is 0 Å². The van der Waals surface area contributed by atoms with Crippen molar-refractivity contribution in [3.63, 3.8) is 0 Å². The molecule has 1 aromatic rings. The molecule has 0 bridgehead atoms. The summed E-state index contributed by atoms with van der Waals surface area (Å²) in [5, 5.41) is 17.2. The molecule has 18 heavy (non-hydrogen) atoms. The van der Waals surface area contributed by atoms with Crippen molar-refractivity contribution < 1.29 is 9.84 Å². The van der Waals surface area contributed by atoms with Crippen LogP contribution in [0.1, 0.15) is 26.5 Å². The first-order valence-corrected chi connectivity index (χ1v) is 6.38. The number of hydrogen-bond acceptors (Lipinski definition) is 4. The summed E-state index contributed by atoms with van der Waals surface area (Å²) in [5.74, 6) is 0. The number of aliphatic hydroxyl groups is 1.